The highest BCUT2D eigenvalue weighted by Gasteiger charge is 2.33. The Balaban J connectivity index is 2.24. The van der Waals surface area contributed by atoms with Gasteiger partial charge >= 0.3 is 0 Å². The van der Waals surface area contributed by atoms with E-state index >= 15 is 0 Å². The van der Waals surface area contributed by atoms with Gasteiger partial charge < -0.3 is 15.5 Å². The van der Waals surface area contributed by atoms with Crippen molar-refractivity contribution in [2.24, 2.45) is 5.73 Å². The summed E-state index contributed by atoms with van der Waals surface area (Å²) < 4.78 is 13.3. The van der Waals surface area contributed by atoms with E-state index in [0.717, 1.165) is 0 Å². The lowest BCUT2D eigenvalue weighted by Crippen LogP contribution is -2.45. The lowest BCUT2D eigenvalue weighted by molar-refractivity contribution is 0.0957. The average Bonchev–Trinajstić information content (AvgIpc) is 2.42. The molecule has 2 heterocycles. The molecular weight excluding hydrogens is 211 g/mol. The Bertz CT molecular complexity index is 476. The van der Waals surface area contributed by atoms with E-state index in [2.05, 4.69) is 10.6 Å². The zero-order valence-corrected chi connectivity index (χ0v) is 8.46. The van der Waals surface area contributed by atoms with Crippen LogP contribution in [0, 0.1) is 5.82 Å². The fourth-order valence-corrected chi connectivity index (χ4v) is 2.20. The third-order valence-electron chi connectivity index (χ3n) is 2.88. The molecule has 4 N–H and O–H groups in total. The molecule has 1 atom stereocenters. The summed E-state index contributed by atoms with van der Waals surface area (Å²) in [6.07, 6.45) is -0.400. The molecule has 0 bridgehead atoms. The van der Waals surface area contributed by atoms with E-state index in [0.29, 0.717) is 30.0 Å². The number of rotatable bonds is 0. The number of hydrogen-bond donors (Lipinski definition) is 3. The number of hydrogen-bond acceptors (Lipinski definition) is 4. The smallest absolute Gasteiger partial charge is 0.253 e. The first kappa shape index (κ1) is 9.41. The maximum Gasteiger partial charge on any atom is 0.253 e. The van der Waals surface area contributed by atoms with E-state index in [-0.39, 0.29) is 5.91 Å². The predicted octanol–water partition coefficient (Wildman–Crippen LogP) is 0.0433. The molecule has 2 aliphatic heterocycles. The molecule has 0 spiro atoms. The number of benzene rings is 1. The fourth-order valence-electron chi connectivity index (χ4n) is 2.20. The van der Waals surface area contributed by atoms with Gasteiger partial charge in [-0.1, -0.05) is 0 Å². The Morgan fingerprint density at radius 1 is 1.50 bits per heavy atom. The van der Waals surface area contributed by atoms with E-state index in [4.69, 9.17) is 5.73 Å². The van der Waals surface area contributed by atoms with Gasteiger partial charge in [0.05, 0.1) is 16.9 Å². The molecule has 3 rings (SSSR count). The molecule has 0 aromatic heterocycles. The van der Waals surface area contributed by atoms with Crippen LogP contribution in [0.4, 0.5) is 15.8 Å². The topological polar surface area (TPSA) is 70.4 Å². The summed E-state index contributed by atoms with van der Waals surface area (Å²) in [7, 11) is 0. The van der Waals surface area contributed by atoms with Crippen molar-refractivity contribution >= 4 is 17.3 Å². The molecule has 84 valence electrons. The summed E-state index contributed by atoms with van der Waals surface area (Å²) in [5.74, 6) is -0.693. The minimum atomic E-state index is -0.438. The summed E-state index contributed by atoms with van der Waals surface area (Å²) in [4.78, 5) is 13.6. The van der Waals surface area contributed by atoms with Crippen LogP contribution in [-0.2, 0) is 0 Å². The van der Waals surface area contributed by atoms with Crippen molar-refractivity contribution < 1.29 is 9.18 Å². The fraction of sp³-hybridized carbons (Fsp3) is 0.300. The minimum absolute atomic E-state index is 0.255. The third-order valence-corrected chi connectivity index (χ3v) is 2.88. The van der Waals surface area contributed by atoms with E-state index in [1.807, 2.05) is 4.90 Å². The van der Waals surface area contributed by atoms with Gasteiger partial charge in [-0.05, 0) is 12.1 Å². The van der Waals surface area contributed by atoms with Crippen molar-refractivity contribution in [2.75, 3.05) is 23.3 Å². The molecule has 0 saturated heterocycles. The van der Waals surface area contributed by atoms with Crippen molar-refractivity contribution in [3.63, 3.8) is 0 Å². The van der Waals surface area contributed by atoms with Crippen molar-refractivity contribution in [2.45, 2.75) is 6.29 Å². The van der Waals surface area contributed by atoms with E-state index < -0.39 is 12.1 Å². The monoisotopic (exact) mass is 222 g/mol. The number of halogens is 1. The van der Waals surface area contributed by atoms with Crippen molar-refractivity contribution in [1.82, 2.24) is 5.32 Å². The van der Waals surface area contributed by atoms with E-state index in [1.165, 1.54) is 12.1 Å². The number of nitrogens with two attached hydrogens (primary N) is 1. The molecule has 0 aliphatic carbocycles. The van der Waals surface area contributed by atoms with Gasteiger partial charge in [0, 0.05) is 13.1 Å². The number of nitrogens with zero attached hydrogens (tertiary/aromatic N) is 1. The molecular formula is C10H11FN4O. The lowest BCUT2D eigenvalue weighted by atomic mass is 10.1. The molecule has 0 radical (unpaired) electrons. The number of carbonyl (C=O) groups excluding carboxylic acids is 1. The highest BCUT2D eigenvalue weighted by Crippen LogP contribution is 2.37. The SMILES string of the molecule is NC1Nc2cc(F)cc3c2N1CCNC3=O. The number of carbonyl (C=O) groups is 1. The number of amides is 1. The van der Waals surface area contributed by atoms with Gasteiger partial charge in [-0.3, -0.25) is 10.5 Å². The van der Waals surface area contributed by atoms with Gasteiger partial charge in [-0.15, -0.1) is 0 Å². The van der Waals surface area contributed by atoms with Crippen LogP contribution in [0.15, 0.2) is 12.1 Å². The Morgan fingerprint density at radius 3 is 3.12 bits per heavy atom. The Labute approximate surface area is 91.4 Å². The summed E-state index contributed by atoms with van der Waals surface area (Å²) in [6, 6.07) is 2.60. The van der Waals surface area contributed by atoms with Gasteiger partial charge in [-0.25, -0.2) is 4.39 Å². The van der Waals surface area contributed by atoms with Crippen LogP contribution in [0.2, 0.25) is 0 Å². The van der Waals surface area contributed by atoms with Crippen molar-refractivity contribution in [1.29, 1.82) is 0 Å². The maximum absolute atomic E-state index is 13.3. The largest absolute Gasteiger partial charge is 0.351 e. The zero-order valence-electron chi connectivity index (χ0n) is 8.46. The average molecular weight is 222 g/mol. The lowest BCUT2D eigenvalue weighted by Gasteiger charge is -2.21. The molecule has 1 amide bonds. The molecule has 5 nitrogen and oxygen atoms in total. The first-order valence-corrected chi connectivity index (χ1v) is 5.07. The summed E-state index contributed by atoms with van der Waals surface area (Å²) >= 11 is 0. The van der Waals surface area contributed by atoms with E-state index in [1.54, 1.807) is 0 Å². The second kappa shape index (κ2) is 3.08. The third kappa shape index (κ3) is 1.16. The Hall–Kier alpha value is -1.82. The Kier molecular flexibility index (Phi) is 1.81. The number of anilines is 2. The molecule has 2 aliphatic rings. The van der Waals surface area contributed by atoms with Crippen LogP contribution in [0.1, 0.15) is 10.4 Å². The summed E-state index contributed by atoms with van der Waals surface area (Å²) in [5.41, 5.74) is 7.48. The molecule has 0 saturated carbocycles. The summed E-state index contributed by atoms with van der Waals surface area (Å²) in [6.45, 7) is 1.12. The Morgan fingerprint density at radius 2 is 2.31 bits per heavy atom. The highest BCUT2D eigenvalue weighted by atomic mass is 19.1. The molecule has 1 unspecified atom stereocenters. The van der Waals surface area contributed by atoms with Crippen LogP contribution in [0.25, 0.3) is 0 Å². The molecule has 0 fully saturated rings. The maximum atomic E-state index is 13.3. The first-order chi connectivity index (χ1) is 7.66. The van der Waals surface area contributed by atoms with Crippen LogP contribution in [-0.4, -0.2) is 25.3 Å². The molecule has 1 aromatic rings. The van der Waals surface area contributed by atoms with Crippen LogP contribution in [0.3, 0.4) is 0 Å². The van der Waals surface area contributed by atoms with Crippen molar-refractivity contribution in [3.05, 3.63) is 23.5 Å². The number of nitrogens with one attached hydrogen (secondary N) is 2. The standard InChI is InChI=1S/C10H11FN4O/c11-5-3-6-8-7(4-5)14-10(12)15(8)2-1-13-9(6)16/h3-4,10,14H,1-2,12H2,(H,13,16). The second-order valence-corrected chi connectivity index (χ2v) is 3.89. The normalized spacial score (nSPS) is 22.2. The van der Waals surface area contributed by atoms with Gasteiger partial charge in [0.2, 0.25) is 0 Å². The molecule has 16 heavy (non-hydrogen) atoms. The van der Waals surface area contributed by atoms with Gasteiger partial charge in [0.15, 0.2) is 6.29 Å². The second-order valence-electron chi connectivity index (χ2n) is 3.89. The zero-order chi connectivity index (χ0) is 11.3. The minimum Gasteiger partial charge on any atom is -0.351 e. The van der Waals surface area contributed by atoms with Gasteiger partial charge in [0.25, 0.3) is 5.91 Å². The highest BCUT2D eigenvalue weighted by molar-refractivity contribution is 6.04. The van der Waals surface area contributed by atoms with Crippen molar-refractivity contribution in [3.8, 4) is 0 Å². The molecule has 1 aromatic carbocycles. The predicted molar refractivity (Wildman–Crippen MR) is 57.7 cm³/mol. The summed E-state index contributed by atoms with van der Waals surface area (Å²) in [5, 5.41) is 5.66. The van der Waals surface area contributed by atoms with Crippen LogP contribution < -0.4 is 21.3 Å². The van der Waals surface area contributed by atoms with Gasteiger partial charge in [0.1, 0.15) is 5.82 Å². The first-order valence-electron chi connectivity index (χ1n) is 5.07. The van der Waals surface area contributed by atoms with Gasteiger partial charge in [-0.2, -0.15) is 0 Å². The van der Waals surface area contributed by atoms with E-state index in [9.17, 15) is 9.18 Å². The van der Waals surface area contributed by atoms with Crippen LogP contribution >= 0.6 is 0 Å². The van der Waals surface area contributed by atoms with Crippen LogP contribution in [0.5, 0.6) is 0 Å². The quantitative estimate of drug-likeness (QED) is 0.580. The molecule has 6 heteroatoms.